The molecule has 0 fully saturated rings. The summed E-state index contributed by atoms with van der Waals surface area (Å²) in [7, 11) is 1.18. The van der Waals surface area contributed by atoms with Gasteiger partial charge in [0.2, 0.25) is 0 Å². The van der Waals surface area contributed by atoms with E-state index < -0.39 is 11.0 Å². The summed E-state index contributed by atoms with van der Waals surface area (Å²) >= 11 is 11.3. The van der Waals surface area contributed by atoms with Gasteiger partial charge in [-0.2, -0.15) is 0 Å². The average molecular weight is 265 g/mol. The Morgan fingerprint density at radius 3 is 2.56 bits per heavy atom. The molecule has 1 rings (SSSR count). The highest BCUT2D eigenvalue weighted by molar-refractivity contribution is 6.37. The molecule has 0 radical (unpaired) electrons. The standard InChI is InChI=1S/C8H6Cl2N2O4/c1-16-8(13)11-6-2-5(10)7(12(14)15)3-4(6)9/h2-3H,1H3,(H,11,13). The SMILES string of the molecule is COC(=O)Nc1cc(Cl)c([N+](=O)[O-])cc1Cl. The van der Waals surface area contributed by atoms with E-state index in [1.54, 1.807) is 0 Å². The van der Waals surface area contributed by atoms with Crippen LogP contribution in [0.3, 0.4) is 0 Å². The zero-order valence-electron chi connectivity index (χ0n) is 7.99. The zero-order chi connectivity index (χ0) is 12.3. The first-order valence-corrected chi connectivity index (χ1v) is 4.69. The number of rotatable bonds is 2. The average Bonchev–Trinajstić information content (AvgIpc) is 2.22. The van der Waals surface area contributed by atoms with Crippen molar-refractivity contribution in [1.29, 1.82) is 0 Å². The highest BCUT2D eigenvalue weighted by Crippen LogP contribution is 2.33. The summed E-state index contributed by atoms with van der Waals surface area (Å²) in [4.78, 5) is 20.7. The Balaban J connectivity index is 3.10. The van der Waals surface area contributed by atoms with Gasteiger partial charge in [0.05, 0.1) is 22.7 Å². The van der Waals surface area contributed by atoms with Gasteiger partial charge in [-0.25, -0.2) is 4.79 Å². The quantitative estimate of drug-likeness (QED) is 0.658. The number of carbonyl (C=O) groups is 1. The van der Waals surface area contributed by atoms with Gasteiger partial charge >= 0.3 is 6.09 Å². The van der Waals surface area contributed by atoms with Crippen LogP contribution in [0.2, 0.25) is 10.0 Å². The molecule has 0 aliphatic heterocycles. The number of carbonyl (C=O) groups excluding carboxylic acids is 1. The third-order valence-electron chi connectivity index (χ3n) is 1.66. The van der Waals surface area contributed by atoms with Crippen LogP contribution in [0.15, 0.2) is 12.1 Å². The van der Waals surface area contributed by atoms with E-state index >= 15 is 0 Å². The predicted molar refractivity (Wildman–Crippen MR) is 59.1 cm³/mol. The largest absolute Gasteiger partial charge is 0.453 e. The first kappa shape index (κ1) is 12.5. The van der Waals surface area contributed by atoms with Gasteiger partial charge in [0.15, 0.2) is 0 Å². The van der Waals surface area contributed by atoms with Crippen molar-refractivity contribution in [3.05, 3.63) is 32.3 Å². The van der Waals surface area contributed by atoms with Crippen LogP contribution < -0.4 is 5.32 Å². The second-order valence-corrected chi connectivity index (χ2v) is 3.47. The van der Waals surface area contributed by atoms with E-state index in [-0.39, 0.29) is 21.4 Å². The number of ether oxygens (including phenoxy) is 1. The molecule has 0 heterocycles. The fourth-order valence-electron chi connectivity index (χ4n) is 0.933. The Morgan fingerprint density at radius 2 is 2.06 bits per heavy atom. The number of benzene rings is 1. The fraction of sp³-hybridized carbons (Fsp3) is 0.125. The van der Waals surface area contributed by atoms with Gasteiger partial charge in [0, 0.05) is 6.07 Å². The minimum atomic E-state index is -0.744. The van der Waals surface area contributed by atoms with Gasteiger partial charge in [-0.3, -0.25) is 15.4 Å². The number of halogens is 2. The Hall–Kier alpha value is -1.53. The summed E-state index contributed by atoms with van der Waals surface area (Å²) in [5.74, 6) is 0. The molecule has 86 valence electrons. The molecule has 0 spiro atoms. The lowest BCUT2D eigenvalue weighted by Gasteiger charge is -2.06. The number of nitro groups is 1. The van der Waals surface area contributed by atoms with E-state index in [4.69, 9.17) is 23.2 Å². The van der Waals surface area contributed by atoms with Crippen molar-refractivity contribution in [3.8, 4) is 0 Å². The zero-order valence-corrected chi connectivity index (χ0v) is 9.50. The molecular formula is C8H6Cl2N2O4. The molecule has 6 nitrogen and oxygen atoms in total. The lowest BCUT2D eigenvalue weighted by atomic mass is 10.3. The summed E-state index contributed by atoms with van der Waals surface area (Å²) in [5, 5.41) is 12.7. The van der Waals surface area contributed by atoms with E-state index in [1.807, 2.05) is 0 Å². The molecule has 1 aromatic carbocycles. The van der Waals surface area contributed by atoms with Gasteiger partial charge in [0.1, 0.15) is 5.02 Å². The maximum atomic E-state index is 10.9. The predicted octanol–water partition coefficient (Wildman–Crippen LogP) is 3.08. The fourth-order valence-corrected chi connectivity index (χ4v) is 1.37. The smallest absolute Gasteiger partial charge is 0.411 e. The second kappa shape index (κ2) is 5.00. The van der Waals surface area contributed by atoms with E-state index in [9.17, 15) is 14.9 Å². The van der Waals surface area contributed by atoms with Crippen LogP contribution >= 0.6 is 23.2 Å². The highest BCUT2D eigenvalue weighted by atomic mass is 35.5. The Morgan fingerprint density at radius 1 is 1.44 bits per heavy atom. The van der Waals surface area contributed by atoms with Crippen LogP contribution in [-0.4, -0.2) is 18.1 Å². The van der Waals surface area contributed by atoms with Crippen molar-refractivity contribution in [1.82, 2.24) is 0 Å². The monoisotopic (exact) mass is 264 g/mol. The number of nitro benzene ring substituents is 1. The van der Waals surface area contributed by atoms with Crippen LogP contribution in [-0.2, 0) is 4.74 Å². The van der Waals surface area contributed by atoms with Crippen molar-refractivity contribution in [3.63, 3.8) is 0 Å². The molecule has 0 bridgehead atoms. The van der Waals surface area contributed by atoms with Crippen LogP contribution in [0.5, 0.6) is 0 Å². The molecule has 0 saturated heterocycles. The number of anilines is 1. The van der Waals surface area contributed by atoms with Gasteiger partial charge in [-0.05, 0) is 6.07 Å². The van der Waals surface area contributed by atoms with Crippen molar-refractivity contribution < 1.29 is 14.5 Å². The minimum Gasteiger partial charge on any atom is -0.453 e. The minimum absolute atomic E-state index is 0.00139. The lowest BCUT2D eigenvalue weighted by molar-refractivity contribution is -0.384. The normalized spacial score (nSPS) is 9.69. The Labute approximate surface area is 100 Å². The van der Waals surface area contributed by atoms with E-state index in [1.165, 1.54) is 13.2 Å². The molecule has 0 unspecified atom stereocenters. The molecule has 0 atom stereocenters. The number of hydrogen-bond donors (Lipinski definition) is 1. The molecular weight excluding hydrogens is 259 g/mol. The van der Waals surface area contributed by atoms with Gasteiger partial charge in [0.25, 0.3) is 5.69 Å². The van der Waals surface area contributed by atoms with Crippen LogP contribution in [0, 0.1) is 10.1 Å². The number of amides is 1. The van der Waals surface area contributed by atoms with Crippen molar-refractivity contribution in [2.75, 3.05) is 12.4 Å². The molecule has 1 N–H and O–H groups in total. The van der Waals surface area contributed by atoms with E-state index in [0.29, 0.717) is 0 Å². The Kier molecular flexibility index (Phi) is 3.92. The summed E-state index contributed by atoms with van der Waals surface area (Å²) in [6.45, 7) is 0. The van der Waals surface area contributed by atoms with Crippen molar-refractivity contribution in [2.45, 2.75) is 0 Å². The maximum Gasteiger partial charge on any atom is 0.411 e. The molecule has 1 amide bonds. The van der Waals surface area contributed by atoms with Gasteiger partial charge in [-0.15, -0.1) is 0 Å². The van der Waals surface area contributed by atoms with Crippen molar-refractivity contribution in [2.24, 2.45) is 0 Å². The van der Waals surface area contributed by atoms with Crippen LogP contribution in [0.1, 0.15) is 0 Å². The number of nitrogens with one attached hydrogen (secondary N) is 1. The van der Waals surface area contributed by atoms with Crippen molar-refractivity contribution >= 4 is 40.7 Å². The van der Waals surface area contributed by atoms with E-state index in [0.717, 1.165) is 6.07 Å². The lowest BCUT2D eigenvalue weighted by Crippen LogP contribution is -2.11. The topological polar surface area (TPSA) is 81.5 Å². The molecule has 0 saturated carbocycles. The van der Waals surface area contributed by atoms with E-state index in [2.05, 4.69) is 10.1 Å². The third kappa shape index (κ3) is 2.74. The number of methoxy groups -OCH3 is 1. The second-order valence-electron chi connectivity index (χ2n) is 2.66. The molecule has 0 aromatic heterocycles. The molecule has 16 heavy (non-hydrogen) atoms. The third-order valence-corrected chi connectivity index (χ3v) is 2.27. The maximum absolute atomic E-state index is 10.9. The van der Waals surface area contributed by atoms with Crippen LogP contribution in [0.4, 0.5) is 16.2 Å². The first-order valence-electron chi connectivity index (χ1n) is 3.94. The number of hydrogen-bond acceptors (Lipinski definition) is 4. The first-order chi connectivity index (χ1) is 7.45. The highest BCUT2D eigenvalue weighted by Gasteiger charge is 2.17. The summed E-state index contributed by atoms with van der Waals surface area (Å²) < 4.78 is 4.34. The molecule has 1 aromatic rings. The summed E-state index contributed by atoms with van der Waals surface area (Å²) in [6.07, 6.45) is -0.744. The molecule has 0 aliphatic carbocycles. The number of nitrogens with zero attached hydrogens (tertiary/aromatic N) is 1. The molecule has 8 heteroatoms. The Bertz CT molecular complexity index is 450. The molecule has 0 aliphatic rings. The summed E-state index contributed by atoms with van der Waals surface area (Å²) in [5.41, 5.74) is -0.189. The van der Waals surface area contributed by atoms with Gasteiger partial charge < -0.3 is 4.74 Å². The van der Waals surface area contributed by atoms with Gasteiger partial charge in [-0.1, -0.05) is 23.2 Å². The summed E-state index contributed by atoms with van der Waals surface area (Å²) in [6, 6.07) is 2.23. The van der Waals surface area contributed by atoms with Crippen LogP contribution in [0.25, 0.3) is 0 Å².